The summed E-state index contributed by atoms with van der Waals surface area (Å²) in [5, 5.41) is 7.02. The third-order valence-electron chi connectivity index (χ3n) is 5.03. The smallest absolute Gasteiger partial charge is 0.236 e. The summed E-state index contributed by atoms with van der Waals surface area (Å²) in [5.74, 6) is -0.0249. The average Bonchev–Trinajstić information content (AvgIpc) is 3.10. The van der Waals surface area contributed by atoms with Crippen molar-refractivity contribution >= 4 is 15.7 Å². The fourth-order valence-electron chi connectivity index (χ4n) is 3.62. The highest BCUT2D eigenvalue weighted by atomic mass is 32.2. The minimum absolute atomic E-state index is 0.0249. The van der Waals surface area contributed by atoms with Crippen molar-refractivity contribution in [3.05, 3.63) is 83.2 Å². The van der Waals surface area contributed by atoms with Gasteiger partial charge in [-0.1, -0.05) is 36.4 Å². The van der Waals surface area contributed by atoms with Gasteiger partial charge in [-0.15, -0.1) is 0 Å². The number of hydrogen-bond donors (Lipinski definition) is 2. The van der Waals surface area contributed by atoms with Crippen LogP contribution in [0.15, 0.2) is 60.8 Å². The van der Waals surface area contributed by atoms with Crippen molar-refractivity contribution in [2.45, 2.75) is 25.1 Å². The molecule has 7 heteroatoms. The van der Waals surface area contributed by atoms with E-state index in [-0.39, 0.29) is 5.75 Å². The van der Waals surface area contributed by atoms with Crippen molar-refractivity contribution in [1.82, 2.24) is 15.1 Å². The van der Waals surface area contributed by atoms with E-state index in [2.05, 4.69) is 25.9 Å². The van der Waals surface area contributed by atoms with E-state index < -0.39 is 10.0 Å². The molecule has 4 rings (SSSR count). The van der Waals surface area contributed by atoms with E-state index in [0.717, 1.165) is 43.7 Å². The van der Waals surface area contributed by atoms with Crippen LogP contribution in [0.5, 0.6) is 0 Å². The molecule has 0 spiro atoms. The fourth-order valence-corrected chi connectivity index (χ4v) is 4.81. The van der Waals surface area contributed by atoms with Crippen molar-refractivity contribution in [1.29, 1.82) is 0 Å². The van der Waals surface area contributed by atoms with Gasteiger partial charge in [0.1, 0.15) is 0 Å². The Hall–Kier alpha value is -2.64. The van der Waals surface area contributed by atoms with Crippen LogP contribution in [0, 0.1) is 0 Å². The van der Waals surface area contributed by atoms with Gasteiger partial charge in [-0.2, -0.15) is 5.10 Å². The summed E-state index contributed by atoms with van der Waals surface area (Å²) in [5.41, 5.74) is 5.03. The van der Waals surface area contributed by atoms with E-state index in [1.54, 1.807) is 6.20 Å². The number of sulfonamides is 1. The van der Waals surface area contributed by atoms with Gasteiger partial charge in [0.05, 0.1) is 5.75 Å². The average molecular weight is 397 g/mol. The van der Waals surface area contributed by atoms with Crippen molar-refractivity contribution in [3.8, 4) is 0 Å². The molecule has 1 aliphatic heterocycles. The molecule has 2 aromatic carbocycles. The van der Waals surface area contributed by atoms with Crippen molar-refractivity contribution in [3.63, 3.8) is 0 Å². The van der Waals surface area contributed by atoms with Crippen LogP contribution in [0.3, 0.4) is 0 Å². The van der Waals surface area contributed by atoms with Crippen molar-refractivity contribution in [2.24, 2.45) is 0 Å². The number of anilines is 1. The lowest BCUT2D eigenvalue weighted by atomic mass is 10.0. The zero-order valence-electron chi connectivity index (χ0n) is 15.6. The molecule has 3 aromatic rings. The molecule has 2 heterocycles. The number of aromatic amines is 1. The summed E-state index contributed by atoms with van der Waals surface area (Å²) in [6.45, 7) is 2.77. The zero-order chi connectivity index (χ0) is 19.4. The van der Waals surface area contributed by atoms with Gasteiger partial charge >= 0.3 is 0 Å². The maximum Gasteiger partial charge on any atom is 0.236 e. The van der Waals surface area contributed by atoms with Crippen LogP contribution in [-0.2, 0) is 35.2 Å². The Labute approximate surface area is 165 Å². The number of H-pyrrole nitrogens is 1. The van der Waals surface area contributed by atoms with E-state index >= 15 is 0 Å². The molecular formula is C21H24N4O2S. The van der Waals surface area contributed by atoms with Crippen LogP contribution in [0.25, 0.3) is 0 Å². The maximum atomic E-state index is 12.5. The number of nitrogens with one attached hydrogen (secondary N) is 2. The molecule has 1 aliphatic rings. The number of aromatic nitrogens is 2. The highest BCUT2D eigenvalue weighted by Crippen LogP contribution is 2.22. The molecule has 0 amide bonds. The Morgan fingerprint density at radius 2 is 1.79 bits per heavy atom. The Morgan fingerprint density at radius 3 is 2.54 bits per heavy atom. The van der Waals surface area contributed by atoms with E-state index in [1.165, 1.54) is 11.1 Å². The monoisotopic (exact) mass is 396 g/mol. The van der Waals surface area contributed by atoms with E-state index in [4.69, 9.17) is 0 Å². The van der Waals surface area contributed by atoms with Gasteiger partial charge in [-0.05, 0) is 47.7 Å². The highest BCUT2D eigenvalue weighted by Gasteiger charge is 2.17. The van der Waals surface area contributed by atoms with Crippen LogP contribution in [0.4, 0.5) is 5.69 Å². The first kappa shape index (κ1) is 18.7. The number of fused-ring (bicyclic) bond motifs is 1. The standard InChI is InChI=1S/C21H24N4O2S/c26-28(27,16-17-4-2-1-3-5-17)24-20-7-6-18-9-12-25(13-10-19(18)14-20)15-21-8-11-22-23-21/h1-8,11,14,24H,9-10,12-13,15-16H2,(H,22,23). The molecule has 0 unspecified atom stereocenters. The van der Waals surface area contributed by atoms with Gasteiger partial charge in [-0.3, -0.25) is 14.7 Å². The molecule has 0 radical (unpaired) electrons. The zero-order valence-corrected chi connectivity index (χ0v) is 16.5. The lowest BCUT2D eigenvalue weighted by Gasteiger charge is -2.18. The Balaban J connectivity index is 1.42. The van der Waals surface area contributed by atoms with Gasteiger partial charge in [-0.25, -0.2) is 8.42 Å². The first-order valence-corrected chi connectivity index (χ1v) is 11.1. The predicted octanol–water partition coefficient (Wildman–Crippen LogP) is 2.95. The summed E-state index contributed by atoms with van der Waals surface area (Å²) >= 11 is 0. The minimum Gasteiger partial charge on any atom is -0.297 e. The fraction of sp³-hybridized carbons (Fsp3) is 0.286. The van der Waals surface area contributed by atoms with Gasteiger partial charge in [0, 0.05) is 37.2 Å². The first-order chi connectivity index (χ1) is 13.6. The van der Waals surface area contributed by atoms with Gasteiger partial charge in [0.25, 0.3) is 0 Å². The topological polar surface area (TPSA) is 78.1 Å². The summed E-state index contributed by atoms with van der Waals surface area (Å²) in [7, 11) is -3.44. The molecule has 0 bridgehead atoms. The Kier molecular flexibility index (Phi) is 5.45. The normalized spacial score (nSPS) is 15.0. The number of rotatable bonds is 6. The molecule has 2 N–H and O–H groups in total. The van der Waals surface area contributed by atoms with Crippen LogP contribution >= 0.6 is 0 Å². The molecule has 0 fully saturated rings. The maximum absolute atomic E-state index is 12.5. The molecule has 0 aliphatic carbocycles. The first-order valence-electron chi connectivity index (χ1n) is 9.44. The van der Waals surface area contributed by atoms with Crippen molar-refractivity contribution < 1.29 is 8.42 Å². The summed E-state index contributed by atoms with van der Waals surface area (Å²) in [6.07, 6.45) is 3.63. The molecular weight excluding hydrogens is 372 g/mol. The second-order valence-corrected chi connectivity index (χ2v) is 8.91. The highest BCUT2D eigenvalue weighted by molar-refractivity contribution is 7.91. The largest absolute Gasteiger partial charge is 0.297 e. The summed E-state index contributed by atoms with van der Waals surface area (Å²) in [4.78, 5) is 2.40. The number of nitrogens with zero attached hydrogens (tertiary/aromatic N) is 2. The van der Waals surface area contributed by atoms with E-state index in [1.807, 2.05) is 48.5 Å². The van der Waals surface area contributed by atoms with E-state index in [9.17, 15) is 8.42 Å². The van der Waals surface area contributed by atoms with Gasteiger partial charge in [0.15, 0.2) is 0 Å². The minimum atomic E-state index is -3.44. The number of benzene rings is 2. The lowest BCUT2D eigenvalue weighted by Crippen LogP contribution is -2.26. The van der Waals surface area contributed by atoms with Gasteiger partial charge in [0.2, 0.25) is 10.0 Å². The second kappa shape index (κ2) is 8.16. The molecule has 146 valence electrons. The van der Waals surface area contributed by atoms with Crippen LogP contribution in [0.1, 0.15) is 22.4 Å². The quantitative estimate of drug-likeness (QED) is 0.672. The molecule has 0 atom stereocenters. The Morgan fingerprint density at radius 1 is 1.00 bits per heavy atom. The summed E-state index contributed by atoms with van der Waals surface area (Å²) in [6, 6.07) is 17.1. The summed E-state index contributed by atoms with van der Waals surface area (Å²) < 4.78 is 27.7. The van der Waals surface area contributed by atoms with Crippen LogP contribution in [0.2, 0.25) is 0 Å². The van der Waals surface area contributed by atoms with Gasteiger partial charge < -0.3 is 0 Å². The Bertz CT molecular complexity index is 1020. The van der Waals surface area contributed by atoms with E-state index in [0.29, 0.717) is 5.69 Å². The van der Waals surface area contributed by atoms with Crippen LogP contribution < -0.4 is 4.72 Å². The number of hydrogen-bond acceptors (Lipinski definition) is 4. The molecule has 0 saturated carbocycles. The van der Waals surface area contributed by atoms with Crippen molar-refractivity contribution in [2.75, 3.05) is 17.8 Å². The molecule has 28 heavy (non-hydrogen) atoms. The third-order valence-corrected chi connectivity index (χ3v) is 6.29. The van der Waals surface area contributed by atoms with Crippen LogP contribution in [-0.4, -0.2) is 36.6 Å². The lowest BCUT2D eigenvalue weighted by molar-refractivity contribution is 0.276. The molecule has 1 aromatic heterocycles. The second-order valence-electron chi connectivity index (χ2n) is 7.19. The SMILES string of the molecule is O=S(=O)(Cc1ccccc1)Nc1ccc2c(c1)CCN(Cc1ccn[nH]1)CC2. The molecule has 0 saturated heterocycles. The third kappa shape index (κ3) is 4.79. The molecule has 6 nitrogen and oxygen atoms in total. The predicted molar refractivity (Wildman–Crippen MR) is 110 cm³/mol.